The standard InChI is InChI=1S/C14H14ClNO2S/c1-18-14-8-12(16)6-5-10(14)9-19(17)13-4-2-3-11(15)7-13/h2-8H,9,16H2,1H3. The summed E-state index contributed by atoms with van der Waals surface area (Å²) in [6.45, 7) is 0. The van der Waals surface area contributed by atoms with E-state index in [0.29, 0.717) is 27.1 Å². The van der Waals surface area contributed by atoms with Crippen molar-refractivity contribution in [2.24, 2.45) is 0 Å². The van der Waals surface area contributed by atoms with Crippen molar-refractivity contribution >= 4 is 28.1 Å². The van der Waals surface area contributed by atoms with Gasteiger partial charge in [0.2, 0.25) is 0 Å². The zero-order valence-corrected chi connectivity index (χ0v) is 12.0. The van der Waals surface area contributed by atoms with Crippen LogP contribution in [0.2, 0.25) is 5.02 Å². The van der Waals surface area contributed by atoms with E-state index in [4.69, 9.17) is 22.1 Å². The highest BCUT2D eigenvalue weighted by atomic mass is 35.5. The molecule has 0 heterocycles. The summed E-state index contributed by atoms with van der Waals surface area (Å²) in [6.07, 6.45) is 0. The highest BCUT2D eigenvalue weighted by molar-refractivity contribution is 7.84. The van der Waals surface area contributed by atoms with Gasteiger partial charge in [-0.1, -0.05) is 23.7 Å². The third-order valence-corrected chi connectivity index (χ3v) is 4.24. The molecule has 2 rings (SSSR count). The number of hydrogen-bond donors (Lipinski definition) is 1. The molecule has 0 fully saturated rings. The highest BCUT2D eigenvalue weighted by Crippen LogP contribution is 2.25. The molecule has 19 heavy (non-hydrogen) atoms. The van der Waals surface area contributed by atoms with E-state index in [2.05, 4.69) is 0 Å². The molecule has 0 saturated heterocycles. The van der Waals surface area contributed by atoms with Gasteiger partial charge in [0.15, 0.2) is 0 Å². The fraction of sp³-hybridized carbons (Fsp3) is 0.143. The first-order chi connectivity index (χ1) is 9.10. The van der Waals surface area contributed by atoms with Gasteiger partial charge in [-0.15, -0.1) is 0 Å². The van der Waals surface area contributed by atoms with Crippen LogP contribution in [0.4, 0.5) is 5.69 Å². The monoisotopic (exact) mass is 295 g/mol. The van der Waals surface area contributed by atoms with Gasteiger partial charge in [-0.05, 0) is 24.3 Å². The molecule has 0 saturated carbocycles. The molecule has 3 nitrogen and oxygen atoms in total. The van der Waals surface area contributed by atoms with Crippen LogP contribution in [-0.4, -0.2) is 11.3 Å². The molecule has 5 heteroatoms. The predicted molar refractivity (Wildman–Crippen MR) is 79.0 cm³/mol. The minimum absolute atomic E-state index is 0.365. The van der Waals surface area contributed by atoms with Crippen LogP contribution in [0, 0.1) is 0 Å². The number of hydrogen-bond acceptors (Lipinski definition) is 3. The van der Waals surface area contributed by atoms with Crippen LogP contribution in [0.25, 0.3) is 0 Å². The van der Waals surface area contributed by atoms with Crippen LogP contribution in [0.1, 0.15) is 5.56 Å². The Kier molecular flexibility index (Phi) is 4.45. The van der Waals surface area contributed by atoms with Crippen molar-refractivity contribution in [3.05, 3.63) is 53.1 Å². The third-order valence-electron chi connectivity index (χ3n) is 2.66. The fourth-order valence-electron chi connectivity index (χ4n) is 1.71. The van der Waals surface area contributed by atoms with Gasteiger partial charge in [-0.3, -0.25) is 4.21 Å². The van der Waals surface area contributed by atoms with E-state index >= 15 is 0 Å². The fourth-order valence-corrected chi connectivity index (χ4v) is 3.14. The summed E-state index contributed by atoms with van der Waals surface area (Å²) in [4.78, 5) is 0.700. The molecule has 0 spiro atoms. The normalized spacial score (nSPS) is 12.1. The zero-order valence-electron chi connectivity index (χ0n) is 10.4. The van der Waals surface area contributed by atoms with Crippen LogP contribution in [0.5, 0.6) is 5.75 Å². The van der Waals surface area contributed by atoms with E-state index in [-0.39, 0.29) is 0 Å². The molecular formula is C14H14ClNO2S. The van der Waals surface area contributed by atoms with Gasteiger partial charge in [-0.25, -0.2) is 0 Å². The topological polar surface area (TPSA) is 52.3 Å². The molecular weight excluding hydrogens is 282 g/mol. The number of methoxy groups -OCH3 is 1. The van der Waals surface area contributed by atoms with Gasteiger partial charge >= 0.3 is 0 Å². The summed E-state index contributed by atoms with van der Waals surface area (Å²) in [5, 5.41) is 0.579. The number of benzene rings is 2. The third kappa shape index (κ3) is 3.49. The minimum atomic E-state index is -1.17. The molecule has 2 aromatic carbocycles. The largest absolute Gasteiger partial charge is 0.496 e. The molecule has 1 unspecified atom stereocenters. The first kappa shape index (κ1) is 13.9. The van der Waals surface area contributed by atoms with Gasteiger partial charge in [0.25, 0.3) is 0 Å². The van der Waals surface area contributed by atoms with Crippen molar-refractivity contribution in [2.75, 3.05) is 12.8 Å². The van der Waals surface area contributed by atoms with Crippen molar-refractivity contribution < 1.29 is 8.95 Å². The molecule has 0 aliphatic rings. The van der Waals surface area contributed by atoms with Gasteiger partial charge < -0.3 is 10.5 Å². The Labute approximate surface area is 119 Å². The van der Waals surface area contributed by atoms with E-state index in [1.807, 2.05) is 6.07 Å². The van der Waals surface area contributed by atoms with Crippen LogP contribution >= 0.6 is 11.6 Å². The SMILES string of the molecule is COc1cc(N)ccc1CS(=O)c1cccc(Cl)c1. The molecule has 100 valence electrons. The first-order valence-electron chi connectivity index (χ1n) is 5.66. The molecule has 0 radical (unpaired) electrons. The summed E-state index contributed by atoms with van der Waals surface area (Å²) >= 11 is 5.90. The average molecular weight is 296 g/mol. The van der Waals surface area contributed by atoms with Crippen LogP contribution in [-0.2, 0) is 16.6 Å². The summed E-state index contributed by atoms with van der Waals surface area (Å²) in [6, 6.07) is 12.4. The van der Waals surface area contributed by atoms with Gasteiger partial charge in [0, 0.05) is 27.2 Å². The molecule has 0 aliphatic carbocycles. The summed E-state index contributed by atoms with van der Waals surface area (Å²) in [5.74, 6) is 1.01. The van der Waals surface area contributed by atoms with Crippen LogP contribution in [0.15, 0.2) is 47.4 Å². The van der Waals surface area contributed by atoms with Crippen LogP contribution in [0.3, 0.4) is 0 Å². The van der Waals surface area contributed by atoms with Crippen LogP contribution < -0.4 is 10.5 Å². The quantitative estimate of drug-likeness (QED) is 0.881. The smallest absolute Gasteiger partial charge is 0.125 e. The minimum Gasteiger partial charge on any atom is -0.496 e. The Hall–Kier alpha value is -1.52. The maximum atomic E-state index is 12.3. The Morgan fingerprint density at radius 2 is 2.05 bits per heavy atom. The number of anilines is 1. The van der Waals surface area contributed by atoms with E-state index in [1.54, 1.807) is 43.5 Å². The maximum Gasteiger partial charge on any atom is 0.125 e. The Balaban J connectivity index is 2.24. The summed E-state index contributed by atoms with van der Waals surface area (Å²) in [5.41, 5.74) is 7.17. The maximum absolute atomic E-state index is 12.3. The number of halogens is 1. The highest BCUT2D eigenvalue weighted by Gasteiger charge is 2.10. The Morgan fingerprint density at radius 3 is 2.74 bits per heavy atom. The average Bonchev–Trinajstić information content (AvgIpc) is 2.40. The first-order valence-corrected chi connectivity index (χ1v) is 7.36. The zero-order chi connectivity index (χ0) is 13.8. The van der Waals surface area contributed by atoms with E-state index in [1.165, 1.54) is 0 Å². The van der Waals surface area contributed by atoms with Crippen molar-refractivity contribution in [1.29, 1.82) is 0 Å². The lowest BCUT2D eigenvalue weighted by atomic mass is 10.2. The second-order valence-electron chi connectivity index (χ2n) is 4.02. The summed E-state index contributed by atoms with van der Waals surface area (Å²) < 4.78 is 17.5. The van der Waals surface area contributed by atoms with E-state index in [0.717, 1.165) is 5.56 Å². The number of nitrogen functional groups attached to an aromatic ring is 1. The molecule has 2 N–H and O–H groups in total. The molecule has 0 amide bonds. The lowest BCUT2D eigenvalue weighted by Crippen LogP contribution is -2.00. The van der Waals surface area contributed by atoms with Crippen molar-refractivity contribution in [2.45, 2.75) is 10.6 Å². The number of nitrogens with two attached hydrogens (primary N) is 1. The van der Waals surface area contributed by atoms with Crippen molar-refractivity contribution in [3.63, 3.8) is 0 Å². The lowest BCUT2D eigenvalue weighted by molar-refractivity contribution is 0.411. The summed E-state index contributed by atoms with van der Waals surface area (Å²) in [7, 11) is 0.402. The van der Waals surface area contributed by atoms with Crippen molar-refractivity contribution in [3.8, 4) is 5.75 Å². The Morgan fingerprint density at radius 1 is 1.26 bits per heavy atom. The molecule has 0 aliphatic heterocycles. The second kappa shape index (κ2) is 6.08. The second-order valence-corrected chi connectivity index (χ2v) is 5.91. The predicted octanol–water partition coefficient (Wildman–Crippen LogP) is 3.24. The molecule has 2 aromatic rings. The number of rotatable bonds is 4. The van der Waals surface area contributed by atoms with E-state index in [9.17, 15) is 4.21 Å². The molecule has 1 atom stereocenters. The lowest BCUT2D eigenvalue weighted by Gasteiger charge is -2.09. The Bertz CT molecular complexity index is 616. The van der Waals surface area contributed by atoms with Crippen molar-refractivity contribution in [1.82, 2.24) is 0 Å². The molecule has 0 aromatic heterocycles. The van der Waals surface area contributed by atoms with Gasteiger partial charge in [0.05, 0.1) is 23.7 Å². The van der Waals surface area contributed by atoms with Gasteiger partial charge in [0.1, 0.15) is 5.75 Å². The van der Waals surface area contributed by atoms with E-state index < -0.39 is 10.8 Å². The number of ether oxygens (including phenoxy) is 1. The van der Waals surface area contributed by atoms with Gasteiger partial charge in [-0.2, -0.15) is 0 Å². The molecule has 0 bridgehead atoms.